The fourth-order valence-electron chi connectivity index (χ4n) is 3.71. The monoisotopic (exact) mass is 367 g/mol. The lowest BCUT2D eigenvalue weighted by molar-refractivity contribution is -0.131. The summed E-state index contributed by atoms with van der Waals surface area (Å²) in [5, 5.41) is 13.8. The Morgan fingerprint density at radius 2 is 1.67 bits per heavy atom. The van der Waals surface area contributed by atoms with Crippen molar-refractivity contribution in [2.75, 3.05) is 19.8 Å². The molecular weight excluding hydrogens is 338 g/mol. The average molecular weight is 367 g/mol. The third-order valence-corrected chi connectivity index (χ3v) is 5.53. The van der Waals surface area contributed by atoms with E-state index in [0.717, 1.165) is 12.0 Å². The normalized spacial score (nSPS) is 18.4. The van der Waals surface area contributed by atoms with Crippen molar-refractivity contribution in [2.24, 2.45) is 0 Å². The van der Waals surface area contributed by atoms with E-state index in [1.165, 1.54) is 5.56 Å². The number of ether oxygens (including phenoxy) is 1. The first-order chi connectivity index (χ1) is 13.0. The number of rotatable bonds is 7. The molecule has 1 unspecified atom stereocenters. The van der Waals surface area contributed by atoms with Crippen molar-refractivity contribution in [1.29, 1.82) is 0 Å². The van der Waals surface area contributed by atoms with Crippen molar-refractivity contribution in [1.82, 2.24) is 5.32 Å². The molecule has 1 aliphatic heterocycles. The number of benzene rings is 2. The molecule has 1 saturated heterocycles. The minimum Gasteiger partial charge on any atom is -0.388 e. The van der Waals surface area contributed by atoms with E-state index in [4.69, 9.17) is 4.74 Å². The van der Waals surface area contributed by atoms with Crippen LogP contribution >= 0.6 is 0 Å². The molecule has 4 nitrogen and oxygen atoms in total. The fourth-order valence-corrected chi connectivity index (χ4v) is 3.71. The van der Waals surface area contributed by atoms with Crippen LogP contribution in [0.15, 0.2) is 60.7 Å². The quantitative estimate of drug-likeness (QED) is 0.790. The third-order valence-electron chi connectivity index (χ3n) is 5.53. The van der Waals surface area contributed by atoms with Gasteiger partial charge >= 0.3 is 0 Å². The van der Waals surface area contributed by atoms with E-state index >= 15 is 0 Å². The van der Waals surface area contributed by atoms with Crippen LogP contribution in [0, 0.1) is 0 Å². The molecule has 2 N–H and O–H groups in total. The molecule has 27 heavy (non-hydrogen) atoms. The molecule has 1 heterocycles. The Kier molecular flexibility index (Phi) is 6.30. The molecule has 2 aromatic carbocycles. The van der Waals surface area contributed by atoms with Gasteiger partial charge in [-0.1, -0.05) is 60.7 Å². The minimum absolute atomic E-state index is 0.0167. The fraction of sp³-hybridized carbons (Fsp3) is 0.435. The number of aliphatic hydroxyl groups is 1. The molecule has 3 rings (SSSR count). The van der Waals surface area contributed by atoms with Gasteiger partial charge in [0.05, 0.1) is 11.0 Å². The molecule has 0 bridgehead atoms. The Bertz CT molecular complexity index is 722. The van der Waals surface area contributed by atoms with Gasteiger partial charge in [0.1, 0.15) is 0 Å². The summed E-state index contributed by atoms with van der Waals surface area (Å²) >= 11 is 0. The lowest BCUT2D eigenvalue weighted by atomic mass is 9.73. The predicted octanol–water partition coefficient (Wildman–Crippen LogP) is 3.23. The van der Waals surface area contributed by atoms with Crippen LogP contribution in [0.2, 0.25) is 0 Å². The van der Waals surface area contributed by atoms with Crippen molar-refractivity contribution in [3.05, 3.63) is 71.8 Å². The van der Waals surface area contributed by atoms with Gasteiger partial charge in [-0.3, -0.25) is 4.79 Å². The van der Waals surface area contributed by atoms with Crippen LogP contribution in [-0.4, -0.2) is 36.4 Å². The SMILES string of the molecule is CC(O)(CCc1ccccc1)CNC(=O)C1(c2ccccc2)CCOCC1. The Morgan fingerprint density at radius 1 is 1.07 bits per heavy atom. The Labute approximate surface area is 161 Å². The van der Waals surface area contributed by atoms with Gasteiger partial charge in [-0.15, -0.1) is 0 Å². The molecule has 0 aromatic heterocycles. The average Bonchev–Trinajstić information content (AvgIpc) is 2.72. The van der Waals surface area contributed by atoms with Crippen LogP contribution in [0.5, 0.6) is 0 Å². The summed E-state index contributed by atoms with van der Waals surface area (Å²) in [6.45, 7) is 3.18. The van der Waals surface area contributed by atoms with Crippen LogP contribution in [0.1, 0.15) is 37.3 Å². The van der Waals surface area contributed by atoms with Crippen LogP contribution in [0.25, 0.3) is 0 Å². The van der Waals surface area contributed by atoms with Gasteiger partial charge in [-0.25, -0.2) is 0 Å². The summed E-state index contributed by atoms with van der Waals surface area (Å²) in [4.78, 5) is 13.2. The van der Waals surface area contributed by atoms with Crippen molar-refractivity contribution in [3.63, 3.8) is 0 Å². The molecule has 1 fully saturated rings. The van der Waals surface area contributed by atoms with E-state index in [1.807, 2.05) is 48.5 Å². The van der Waals surface area contributed by atoms with Gasteiger partial charge in [0.25, 0.3) is 0 Å². The first-order valence-electron chi connectivity index (χ1n) is 9.70. The summed E-state index contributed by atoms with van der Waals surface area (Å²) in [5.74, 6) is -0.0167. The summed E-state index contributed by atoms with van der Waals surface area (Å²) in [7, 11) is 0. The first-order valence-corrected chi connectivity index (χ1v) is 9.70. The number of amides is 1. The van der Waals surface area contributed by atoms with Crippen LogP contribution in [0.3, 0.4) is 0 Å². The zero-order valence-corrected chi connectivity index (χ0v) is 16.0. The Morgan fingerprint density at radius 3 is 2.30 bits per heavy atom. The highest BCUT2D eigenvalue weighted by Crippen LogP contribution is 2.35. The molecule has 1 atom stereocenters. The Hall–Kier alpha value is -2.17. The van der Waals surface area contributed by atoms with E-state index in [0.29, 0.717) is 32.5 Å². The summed E-state index contributed by atoms with van der Waals surface area (Å²) < 4.78 is 5.50. The van der Waals surface area contributed by atoms with Gasteiger partial charge in [-0.05, 0) is 43.7 Å². The van der Waals surface area contributed by atoms with Crippen molar-refractivity contribution in [3.8, 4) is 0 Å². The number of aryl methyl sites for hydroxylation is 1. The summed E-state index contributed by atoms with van der Waals surface area (Å²) in [6, 6.07) is 20.0. The Balaban J connectivity index is 1.63. The van der Waals surface area contributed by atoms with E-state index in [2.05, 4.69) is 17.4 Å². The second kappa shape index (κ2) is 8.68. The molecule has 0 spiro atoms. The molecule has 0 saturated carbocycles. The highest BCUT2D eigenvalue weighted by atomic mass is 16.5. The molecule has 4 heteroatoms. The number of nitrogens with one attached hydrogen (secondary N) is 1. The molecule has 0 radical (unpaired) electrons. The van der Waals surface area contributed by atoms with Crippen LogP contribution in [-0.2, 0) is 21.4 Å². The van der Waals surface area contributed by atoms with Crippen molar-refractivity contribution in [2.45, 2.75) is 43.6 Å². The number of carbonyl (C=O) groups excluding carboxylic acids is 1. The highest BCUT2D eigenvalue weighted by molar-refractivity contribution is 5.88. The zero-order chi connectivity index (χ0) is 19.2. The lowest BCUT2D eigenvalue weighted by Crippen LogP contribution is -2.51. The van der Waals surface area contributed by atoms with Gasteiger partial charge in [0.2, 0.25) is 5.91 Å². The third kappa shape index (κ3) is 4.96. The van der Waals surface area contributed by atoms with Gasteiger partial charge < -0.3 is 15.2 Å². The van der Waals surface area contributed by atoms with Gasteiger partial charge in [0, 0.05) is 19.8 Å². The van der Waals surface area contributed by atoms with Gasteiger partial charge in [-0.2, -0.15) is 0 Å². The standard InChI is InChI=1S/C23H29NO3/c1-22(26,13-12-19-8-4-2-5-9-19)18-24-21(25)23(14-16-27-17-15-23)20-10-6-3-7-11-20/h2-11,26H,12-18H2,1H3,(H,24,25). The van der Waals surface area contributed by atoms with Gasteiger partial charge in [0.15, 0.2) is 0 Å². The maximum atomic E-state index is 13.2. The topological polar surface area (TPSA) is 58.6 Å². The first kappa shape index (κ1) is 19.6. The highest BCUT2D eigenvalue weighted by Gasteiger charge is 2.42. The molecule has 144 valence electrons. The number of carbonyl (C=O) groups is 1. The molecule has 2 aromatic rings. The lowest BCUT2D eigenvalue weighted by Gasteiger charge is -2.37. The zero-order valence-electron chi connectivity index (χ0n) is 16.0. The molecule has 0 aliphatic carbocycles. The van der Waals surface area contributed by atoms with Crippen molar-refractivity contribution < 1.29 is 14.6 Å². The van der Waals surface area contributed by atoms with E-state index in [1.54, 1.807) is 6.92 Å². The second-order valence-corrected chi connectivity index (χ2v) is 7.73. The van der Waals surface area contributed by atoms with E-state index in [-0.39, 0.29) is 12.5 Å². The molecule has 1 aliphatic rings. The van der Waals surface area contributed by atoms with Crippen LogP contribution in [0.4, 0.5) is 0 Å². The predicted molar refractivity (Wildman–Crippen MR) is 107 cm³/mol. The smallest absolute Gasteiger partial charge is 0.230 e. The number of hydrogen-bond acceptors (Lipinski definition) is 3. The van der Waals surface area contributed by atoms with E-state index in [9.17, 15) is 9.90 Å². The maximum Gasteiger partial charge on any atom is 0.230 e. The minimum atomic E-state index is -0.950. The largest absolute Gasteiger partial charge is 0.388 e. The summed E-state index contributed by atoms with van der Waals surface area (Å²) in [5.41, 5.74) is 0.688. The molecular formula is C23H29NO3. The van der Waals surface area contributed by atoms with Crippen molar-refractivity contribution >= 4 is 5.91 Å². The van der Waals surface area contributed by atoms with E-state index < -0.39 is 11.0 Å². The molecule has 1 amide bonds. The number of hydrogen-bond donors (Lipinski definition) is 2. The van der Waals surface area contributed by atoms with Crippen LogP contribution < -0.4 is 5.32 Å². The maximum absolute atomic E-state index is 13.2. The summed E-state index contributed by atoms with van der Waals surface area (Å²) in [6.07, 6.45) is 2.70. The second-order valence-electron chi connectivity index (χ2n) is 7.73.